The van der Waals surface area contributed by atoms with Gasteiger partial charge in [0.05, 0.1) is 12.2 Å². The van der Waals surface area contributed by atoms with Gasteiger partial charge in [0.25, 0.3) is 5.90 Å². The van der Waals surface area contributed by atoms with Crippen LogP contribution in [0.5, 0.6) is 0 Å². The molecule has 0 heterocycles. The smallest absolute Gasteiger partial charge is 0.0619 e. The Morgan fingerprint density at radius 1 is 1.20 bits per heavy atom. The van der Waals surface area contributed by atoms with Crippen molar-refractivity contribution in [3.05, 3.63) is 30.3 Å². The van der Waals surface area contributed by atoms with Crippen molar-refractivity contribution in [1.82, 2.24) is 0 Å². The van der Waals surface area contributed by atoms with Crippen molar-refractivity contribution >= 4 is 35.3 Å². The Balaban J connectivity index is 0.000000810. The number of hydrogen-bond donors (Lipinski definition) is 1. The molecule has 0 amide bonds. The fourth-order valence-electron chi connectivity index (χ4n) is 0.556. The van der Waals surface area contributed by atoms with E-state index in [0.29, 0.717) is 0 Å². The molecule has 0 aliphatic rings. The standard InChI is InChI=1S/C6H5PS2.Ni/c8-7(9)6-4-2-1-3-5-6;/h1-5H;/p+1. The van der Waals surface area contributed by atoms with Gasteiger partial charge in [-0.05, 0) is 12.1 Å². The predicted octanol–water partition coefficient (Wildman–Crippen LogP) is 2.10. The van der Waals surface area contributed by atoms with Crippen LogP contribution in [0.1, 0.15) is 0 Å². The van der Waals surface area contributed by atoms with E-state index in [2.05, 4.69) is 12.2 Å². The second-order valence-electron chi connectivity index (χ2n) is 1.61. The zero-order valence-corrected chi connectivity index (χ0v) is 8.60. The Bertz CT molecular complexity index is 212. The van der Waals surface area contributed by atoms with Gasteiger partial charge in [-0.1, -0.05) is 18.2 Å². The van der Waals surface area contributed by atoms with Crippen LogP contribution in [0.15, 0.2) is 30.3 Å². The molecule has 1 rings (SSSR count). The molecule has 0 N–H and O–H groups in total. The molecule has 0 radical (unpaired) electrons. The molecular formula is C6H6NiPS2+. The molecule has 0 aliphatic carbocycles. The SMILES string of the molecule is S=[P+](S)c1ccccc1.[Ni]. The second-order valence-corrected chi connectivity index (χ2v) is 5.78. The summed E-state index contributed by atoms with van der Waals surface area (Å²) in [6, 6.07) is 9.95. The molecule has 0 fully saturated rings. The molecule has 0 nitrogen and oxygen atoms in total. The van der Waals surface area contributed by atoms with E-state index in [4.69, 9.17) is 11.8 Å². The van der Waals surface area contributed by atoms with E-state index in [1.165, 1.54) is 0 Å². The zero-order valence-electron chi connectivity index (χ0n) is 5.01. The molecule has 1 aromatic rings. The monoisotopic (exact) mass is 231 g/mol. The van der Waals surface area contributed by atoms with Gasteiger partial charge in [-0.25, -0.2) is 0 Å². The molecule has 10 heavy (non-hydrogen) atoms. The normalized spacial score (nSPS) is 9.90. The predicted molar refractivity (Wildman–Crippen MR) is 49.3 cm³/mol. The maximum Gasteiger partial charge on any atom is 0.280 e. The Morgan fingerprint density at radius 3 is 2.00 bits per heavy atom. The number of benzene rings is 1. The number of thiol groups is 1. The van der Waals surface area contributed by atoms with Crippen molar-refractivity contribution in [1.29, 1.82) is 0 Å². The van der Waals surface area contributed by atoms with E-state index in [1.807, 2.05) is 30.3 Å². The quantitative estimate of drug-likeness (QED) is 0.439. The Kier molecular flexibility index (Phi) is 5.57. The third-order valence-electron chi connectivity index (χ3n) is 0.977. The van der Waals surface area contributed by atoms with Gasteiger partial charge in [0, 0.05) is 16.5 Å². The maximum atomic E-state index is 4.97. The molecule has 1 unspecified atom stereocenters. The van der Waals surface area contributed by atoms with Crippen LogP contribution in [0.4, 0.5) is 0 Å². The minimum Gasteiger partial charge on any atom is -0.0619 e. The van der Waals surface area contributed by atoms with Gasteiger partial charge in [0.1, 0.15) is 0 Å². The minimum atomic E-state index is -0.618. The molecule has 0 aromatic heterocycles. The van der Waals surface area contributed by atoms with E-state index in [0.717, 1.165) is 5.30 Å². The van der Waals surface area contributed by atoms with Crippen LogP contribution < -0.4 is 5.30 Å². The summed E-state index contributed by atoms with van der Waals surface area (Å²) in [7, 11) is 0. The van der Waals surface area contributed by atoms with E-state index in [9.17, 15) is 0 Å². The van der Waals surface area contributed by atoms with E-state index in [1.54, 1.807) is 0 Å². The van der Waals surface area contributed by atoms with Crippen LogP contribution in [0.3, 0.4) is 0 Å². The summed E-state index contributed by atoms with van der Waals surface area (Å²) in [4.78, 5) is 0. The molecule has 1 atom stereocenters. The molecule has 1 aromatic carbocycles. The second kappa shape index (κ2) is 5.26. The van der Waals surface area contributed by atoms with Gasteiger partial charge in [-0.15, -0.1) is 0 Å². The molecule has 0 spiro atoms. The summed E-state index contributed by atoms with van der Waals surface area (Å²) in [5.41, 5.74) is 0. The first-order chi connectivity index (χ1) is 4.30. The average molecular weight is 232 g/mol. The van der Waals surface area contributed by atoms with Crippen LogP contribution >= 0.6 is 18.1 Å². The van der Waals surface area contributed by atoms with Gasteiger partial charge in [-0.3, -0.25) is 0 Å². The largest absolute Gasteiger partial charge is 0.280 e. The fourth-order valence-corrected chi connectivity index (χ4v) is 1.75. The molecule has 56 valence electrons. The first kappa shape index (κ1) is 10.6. The van der Waals surface area contributed by atoms with Crippen LogP contribution in [-0.2, 0) is 28.3 Å². The van der Waals surface area contributed by atoms with Crippen LogP contribution in [0.25, 0.3) is 0 Å². The molecule has 0 bridgehead atoms. The summed E-state index contributed by atoms with van der Waals surface area (Å²) in [5, 5.41) is 1.16. The van der Waals surface area contributed by atoms with Crippen LogP contribution in [0, 0.1) is 0 Å². The Labute approximate surface area is 81.9 Å². The van der Waals surface area contributed by atoms with Gasteiger partial charge in [-0.2, -0.15) is 0 Å². The summed E-state index contributed by atoms with van der Waals surface area (Å²) >= 11 is 9.14. The molecule has 4 heteroatoms. The fraction of sp³-hybridized carbons (Fsp3) is 0. The minimum absolute atomic E-state index is 0. The van der Waals surface area contributed by atoms with Gasteiger partial charge in [0.2, 0.25) is 0 Å². The first-order valence-electron chi connectivity index (χ1n) is 2.52. The van der Waals surface area contributed by atoms with E-state index in [-0.39, 0.29) is 16.5 Å². The van der Waals surface area contributed by atoms with Crippen molar-refractivity contribution in [2.45, 2.75) is 0 Å². The number of hydrogen-bond acceptors (Lipinski definition) is 1. The van der Waals surface area contributed by atoms with E-state index >= 15 is 0 Å². The van der Waals surface area contributed by atoms with Crippen molar-refractivity contribution in [3.8, 4) is 0 Å². The Hall–Kier alpha value is 0.584. The third kappa shape index (κ3) is 3.12. The molecule has 0 saturated heterocycles. The average Bonchev–Trinajstić information content (AvgIpc) is 1.90. The summed E-state index contributed by atoms with van der Waals surface area (Å²) in [6.45, 7) is 0. The van der Waals surface area contributed by atoms with Gasteiger partial charge < -0.3 is 0 Å². The number of rotatable bonds is 1. The van der Waals surface area contributed by atoms with Crippen LogP contribution in [-0.4, -0.2) is 0 Å². The van der Waals surface area contributed by atoms with Crippen molar-refractivity contribution in [2.24, 2.45) is 0 Å². The summed E-state index contributed by atoms with van der Waals surface area (Å²) in [5.74, 6) is -0.618. The third-order valence-corrected chi connectivity index (χ3v) is 3.04. The van der Waals surface area contributed by atoms with Gasteiger partial charge in [0.15, 0.2) is 17.1 Å². The van der Waals surface area contributed by atoms with Crippen molar-refractivity contribution in [2.75, 3.05) is 0 Å². The van der Waals surface area contributed by atoms with E-state index < -0.39 is 5.90 Å². The first-order valence-corrected chi connectivity index (χ1v) is 6.02. The molecular weight excluding hydrogens is 226 g/mol. The van der Waals surface area contributed by atoms with Gasteiger partial charge >= 0.3 is 0 Å². The molecule has 0 saturated carbocycles. The summed E-state index contributed by atoms with van der Waals surface area (Å²) < 4.78 is 0. The van der Waals surface area contributed by atoms with Crippen molar-refractivity contribution < 1.29 is 16.5 Å². The topological polar surface area (TPSA) is 0 Å². The van der Waals surface area contributed by atoms with Crippen LogP contribution in [0.2, 0.25) is 0 Å². The maximum absolute atomic E-state index is 4.97. The summed E-state index contributed by atoms with van der Waals surface area (Å²) in [6.07, 6.45) is 0. The van der Waals surface area contributed by atoms with Crippen molar-refractivity contribution in [3.63, 3.8) is 0 Å². The zero-order chi connectivity index (χ0) is 6.69. The molecule has 0 aliphatic heterocycles. The Morgan fingerprint density at radius 2 is 1.70 bits per heavy atom.